The molecular formula is C14H11ClFN. The molecule has 2 aromatic rings. The molecule has 3 heteroatoms. The zero-order valence-corrected chi connectivity index (χ0v) is 9.84. The molecule has 0 amide bonds. The molecule has 1 aliphatic heterocycles. The molecule has 86 valence electrons. The summed E-state index contributed by atoms with van der Waals surface area (Å²) in [5.74, 6) is -0.163. The summed E-state index contributed by atoms with van der Waals surface area (Å²) >= 11 is 5.95. The van der Waals surface area contributed by atoms with Crippen molar-refractivity contribution >= 4 is 17.3 Å². The van der Waals surface area contributed by atoms with Crippen molar-refractivity contribution in [2.45, 2.75) is 12.5 Å². The van der Waals surface area contributed by atoms with Gasteiger partial charge in [-0.1, -0.05) is 29.8 Å². The SMILES string of the molecule is Fc1ccccc1C1Cc2cc(Cl)ccc2N1. The zero-order chi connectivity index (χ0) is 11.8. The number of halogens is 2. The van der Waals surface area contributed by atoms with Crippen LogP contribution in [-0.2, 0) is 6.42 Å². The van der Waals surface area contributed by atoms with Gasteiger partial charge in [-0.3, -0.25) is 0 Å². The monoisotopic (exact) mass is 247 g/mol. The van der Waals surface area contributed by atoms with E-state index in [9.17, 15) is 4.39 Å². The zero-order valence-electron chi connectivity index (χ0n) is 9.08. The van der Waals surface area contributed by atoms with Gasteiger partial charge in [-0.05, 0) is 36.2 Å². The number of benzene rings is 2. The van der Waals surface area contributed by atoms with Crippen molar-refractivity contribution in [1.29, 1.82) is 0 Å². The summed E-state index contributed by atoms with van der Waals surface area (Å²) in [6.07, 6.45) is 0.775. The average molecular weight is 248 g/mol. The predicted octanol–water partition coefficient (Wildman–Crippen LogP) is 4.19. The van der Waals surface area contributed by atoms with E-state index < -0.39 is 0 Å². The number of fused-ring (bicyclic) bond motifs is 1. The van der Waals surface area contributed by atoms with Gasteiger partial charge < -0.3 is 5.32 Å². The van der Waals surface area contributed by atoms with Crippen LogP contribution in [0.15, 0.2) is 42.5 Å². The third-order valence-electron chi connectivity index (χ3n) is 3.10. The molecule has 0 aliphatic carbocycles. The Labute approximate surface area is 104 Å². The van der Waals surface area contributed by atoms with E-state index in [2.05, 4.69) is 5.32 Å². The Morgan fingerprint density at radius 2 is 2.00 bits per heavy atom. The molecule has 1 unspecified atom stereocenters. The van der Waals surface area contributed by atoms with Crippen molar-refractivity contribution in [3.05, 3.63) is 64.4 Å². The Morgan fingerprint density at radius 1 is 1.18 bits per heavy atom. The largest absolute Gasteiger partial charge is 0.378 e. The summed E-state index contributed by atoms with van der Waals surface area (Å²) in [5, 5.41) is 4.04. The van der Waals surface area contributed by atoms with E-state index in [-0.39, 0.29) is 11.9 Å². The lowest BCUT2D eigenvalue weighted by Gasteiger charge is -2.12. The van der Waals surface area contributed by atoms with Crippen LogP contribution in [0.1, 0.15) is 17.2 Å². The lowest BCUT2D eigenvalue weighted by Crippen LogP contribution is -2.07. The third-order valence-corrected chi connectivity index (χ3v) is 3.34. The van der Waals surface area contributed by atoms with E-state index in [1.165, 1.54) is 6.07 Å². The van der Waals surface area contributed by atoms with Crippen LogP contribution in [0.25, 0.3) is 0 Å². The van der Waals surface area contributed by atoms with Crippen molar-refractivity contribution in [2.75, 3.05) is 5.32 Å². The summed E-state index contributed by atoms with van der Waals surface area (Å²) in [4.78, 5) is 0. The second-order valence-electron chi connectivity index (χ2n) is 4.22. The minimum absolute atomic E-state index is 0.00432. The fourth-order valence-corrected chi connectivity index (χ4v) is 2.47. The second kappa shape index (κ2) is 4.04. The van der Waals surface area contributed by atoms with Crippen molar-refractivity contribution in [3.63, 3.8) is 0 Å². The molecule has 0 bridgehead atoms. The maximum Gasteiger partial charge on any atom is 0.128 e. The van der Waals surface area contributed by atoms with E-state index in [4.69, 9.17) is 11.6 Å². The van der Waals surface area contributed by atoms with Gasteiger partial charge in [-0.25, -0.2) is 4.39 Å². The molecule has 1 nitrogen and oxygen atoms in total. The summed E-state index contributed by atoms with van der Waals surface area (Å²) in [7, 11) is 0. The highest BCUT2D eigenvalue weighted by Crippen LogP contribution is 2.36. The standard InChI is InChI=1S/C14H11ClFN/c15-10-5-6-13-9(7-10)8-14(17-13)11-3-1-2-4-12(11)16/h1-7,14,17H,8H2. The van der Waals surface area contributed by atoms with Gasteiger partial charge in [0, 0.05) is 16.3 Å². The van der Waals surface area contributed by atoms with Crippen LogP contribution in [-0.4, -0.2) is 0 Å². The smallest absolute Gasteiger partial charge is 0.128 e. The van der Waals surface area contributed by atoms with Gasteiger partial charge in [0.1, 0.15) is 5.82 Å². The van der Waals surface area contributed by atoms with Crippen molar-refractivity contribution in [1.82, 2.24) is 0 Å². The van der Waals surface area contributed by atoms with Crippen LogP contribution in [0.5, 0.6) is 0 Å². The molecule has 0 spiro atoms. The van der Waals surface area contributed by atoms with Crippen molar-refractivity contribution < 1.29 is 4.39 Å². The third kappa shape index (κ3) is 1.89. The van der Waals surface area contributed by atoms with E-state index in [1.54, 1.807) is 6.07 Å². The van der Waals surface area contributed by atoms with E-state index in [0.717, 1.165) is 22.7 Å². The van der Waals surface area contributed by atoms with Crippen molar-refractivity contribution in [3.8, 4) is 0 Å². The van der Waals surface area contributed by atoms with Crippen LogP contribution in [0.4, 0.5) is 10.1 Å². The second-order valence-corrected chi connectivity index (χ2v) is 4.66. The van der Waals surface area contributed by atoms with Gasteiger partial charge in [0.25, 0.3) is 0 Å². The summed E-state index contributed by atoms with van der Waals surface area (Å²) in [6.45, 7) is 0. The molecule has 1 atom stereocenters. The molecule has 1 N–H and O–H groups in total. The van der Waals surface area contributed by atoms with Gasteiger partial charge in [0.2, 0.25) is 0 Å². The average Bonchev–Trinajstić information content (AvgIpc) is 2.72. The van der Waals surface area contributed by atoms with Gasteiger partial charge in [0.05, 0.1) is 6.04 Å². The highest BCUT2D eigenvalue weighted by Gasteiger charge is 2.23. The van der Waals surface area contributed by atoms with Gasteiger partial charge >= 0.3 is 0 Å². The first-order valence-electron chi connectivity index (χ1n) is 5.53. The van der Waals surface area contributed by atoms with Crippen LogP contribution >= 0.6 is 11.6 Å². The van der Waals surface area contributed by atoms with Gasteiger partial charge in [0.15, 0.2) is 0 Å². The predicted molar refractivity (Wildman–Crippen MR) is 67.9 cm³/mol. The number of hydrogen-bond donors (Lipinski definition) is 1. The first kappa shape index (κ1) is 10.6. The fourth-order valence-electron chi connectivity index (χ4n) is 2.28. The summed E-state index contributed by atoms with van der Waals surface area (Å²) < 4.78 is 13.7. The van der Waals surface area contributed by atoms with Crippen LogP contribution < -0.4 is 5.32 Å². The first-order chi connectivity index (χ1) is 8.24. The molecule has 1 heterocycles. The number of rotatable bonds is 1. The molecular weight excluding hydrogens is 237 g/mol. The van der Waals surface area contributed by atoms with Crippen LogP contribution in [0, 0.1) is 5.82 Å². The van der Waals surface area contributed by atoms with E-state index in [0.29, 0.717) is 5.56 Å². The van der Waals surface area contributed by atoms with Crippen molar-refractivity contribution in [2.24, 2.45) is 0 Å². The maximum absolute atomic E-state index is 13.7. The number of hydrogen-bond acceptors (Lipinski definition) is 1. The first-order valence-corrected chi connectivity index (χ1v) is 5.91. The molecule has 0 radical (unpaired) electrons. The van der Waals surface area contributed by atoms with Gasteiger partial charge in [-0.15, -0.1) is 0 Å². The Morgan fingerprint density at radius 3 is 2.82 bits per heavy atom. The topological polar surface area (TPSA) is 12.0 Å². The highest BCUT2D eigenvalue weighted by molar-refractivity contribution is 6.30. The Bertz CT molecular complexity index is 568. The lowest BCUT2D eigenvalue weighted by atomic mass is 10.0. The summed E-state index contributed by atoms with van der Waals surface area (Å²) in [6, 6.07) is 12.6. The molecule has 1 aliphatic rings. The summed E-state index contributed by atoms with van der Waals surface area (Å²) in [5.41, 5.74) is 2.90. The maximum atomic E-state index is 13.7. The molecule has 2 aromatic carbocycles. The minimum atomic E-state index is -0.163. The van der Waals surface area contributed by atoms with E-state index >= 15 is 0 Å². The highest BCUT2D eigenvalue weighted by atomic mass is 35.5. The Balaban J connectivity index is 1.94. The molecule has 17 heavy (non-hydrogen) atoms. The fraction of sp³-hybridized carbons (Fsp3) is 0.143. The molecule has 0 saturated carbocycles. The quantitative estimate of drug-likeness (QED) is 0.797. The Hall–Kier alpha value is -1.54. The minimum Gasteiger partial charge on any atom is -0.378 e. The molecule has 0 aromatic heterocycles. The Kier molecular flexibility index (Phi) is 2.52. The normalized spacial score (nSPS) is 17.6. The number of nitrogens with one attached hydrogen (secondary N) is 1. The molecule has 0 saturated heterocycles. The van der Waals surface area contributed by atoms with E-state index in [1.807, 2.05) is 30.3 Å². The van der Waals surface area contributed by atoms with Crippen LogP contribution in [0.2, 0.25) is 5.02 Å². The molecule has 3 rings (SSSR count). The van der Waals surface area contributed by atoms with Crippen LogP contribution in [0.3, 0.4) is 0 Å². The number of anilines is 1. The molecule has 0 fully saturated rings. The lowest BCUT2D eigenvalue weighted by molar-refractivity contribution is 0.595. The van der Waals surface area contributed by atoms with Gasteiger partial charge in [-0.2, -0.15) is 0 Å².